The highest BCUT2D eigenvalue weighted by molar-refractivity contribution is 8.00. The first-order valence-corrected chi connectivity index (χ1v) is 11.0. The first-order valence-electron chi connectivity index (χ1n) is 7.56. The summed E-state index contributed by atoms with van der Waals surface area (Å²) in [5.74, 6) is -1.26. The van der Waals surface area contributed by atoms with E-state index in [-0.39, 0.29) is 23.1 Å². The molecule has 27 heavy (non-hydrogen) atoms. The lowest BCUT2D eigenvalue weighted by atomic mass is 10.0. The average molecular weight is 490 g/mol. The van der Waals surface area contributed by atoms with E-state index in [0.717, 1.165) is 4.88 Å². The van der Waals surface area contributed by atoms with E-state index >= 15 is 0 Å². The van der Waals surface area contributed by atoms with Gasteiger partial charge in [-0.1, -0.05) is 52.5 Å². The van der Waals surface area contributed by atoms with E-state index in [2.05, 4.69) is 5.32 Å². The van der Waals surface area contributed by atoms with Gasteiger partial charge in [-0.25, -0.2) is 4.79 Å². The van der Waals surface area contributed by atoms with Crippen LogP contribution in [0.15, 0.2) is 28.2 Å². The molecule has 1 aromatic heterocycles. The first kappa shape index (κ1) is 21.1. The molecule has 1 N–H and O–H groups in total. The van der Waals surface area contributed by atoms with E-state index in [1.54, 1.807) is 0 Å². The number of rotatable bonds is 5. The molecule has 2 aliphatic heterocycles. The zero-order valence-electron chi connectivity index (χ0n) is 13.4. The molecule has 2 atom stereocenters. The highest BCUT2D eigenvalue weighted by Crippen LogP contribution is 2.42. The summed E-state index contributed by atoms with van der Waals surface area (Å²) < 4.78 is 3.16. The normalized spacial score (nSPS) is 22.2. The van der Waals surface area contributed by atoms with Gasteiger partial charge in [0, 0.05) is 10.6 Å². The molecule has 146 valence electrons. The molecule has 2 aliphatic rings. The van der Waals surface area contributed by atoms with E-state index in [4.69, 9.17) is 51.1 Å². The summed E-state index contributed by atoms with van der Waals surface area (Å²) in [6.07, 6.45) is 0.188. The van der Waals surface area contributed by atoms with Gasteiger partial charge in [0.25, 0.3) is 5.91 Å². The molecule has 3 heterocycles. The number of ether oxygens (including phenoxy) is 1. The van der Waals surface area contributed by atoms with Crippen LogP contribution in [0.25, 0.3) is 0 Å². The average Bonchev–Trinajstić information content (AvgIpc) is 3.09. The summed E-state index contributed by atoms with van der Waals surface area (Å²) in [7, 11) is 0. The van der Waals surface area contributed by atoms with Crippen molar-refractivity contribution in [3.05, 3.63) is 33.1 Å². The Labute approximate surface area is 183 Å². The first-order chi connectivity index (χ1) is 12.7. The quantitative estimate of drug-likeness (QED) is 0.390. The number of thioether (sulfide) groups is 1. The molecule has 0 radical (unpaired) electrons. The van der Waals surface area contributed by atoms with Gasteiger partial charge in [-0.05, 0) is 11.4 Å². The van der Waals surface area contributed by atoms with Gasteiger partial charge in [-0.3, -0.25) is 14.5 Å². The lowest BCUT2D eigenvalue weighted by Crippen LogP contribution is -2.70. The minimum atomic E-state index is -1.78. The highest BCUT2D eigenvalue weighted by atomic mass is 35.6. The van der Waals surface area contributed by atoms with Crippen molar-refractivity contribution in [1.82, 2.24) is 10.2 Å². The molecule has 0 bridgehead atoms. The van der Waals surface area contributed by atoms with Crippen LogP contribution < -0.4 is 5.32 Å². The monoisotopic (exact) mass is 488 g/mol. The molecule has 1 aromatic rings. The molecule has 6 nitrogen and oxygen atoms in total. The molecule has 0 aromatic carbocycles. The Bertz CT molecular complexity index is 794. The van der Waals surface area contributed by atoms with Gasteiger partial charge in [-0.2, -0.15) is 0 Å². The zero-order chi connectivity index (χ0) is 19.8. The molecule has 0 aliphatic carbocycles. The predicted octanol–water partition coefficient (Wildman–Crippen LogP) is 3.05. The fourth-order valence-electron chi connectivity index (χ4n) is 2.58. The van der Waals surface area contributed by atoms with E-state index in [0.29, 0.717) is 5.75 Å². The Kier molecular flexibility index (Phi) is 6.55. The van der Waals surface area contributed by atoms with Crippen molar-refractivity contribution in [3.63, 3.8) is 0 Å². The molecule has 3 rings (SSSR count). The third-order valence-corrected chi connectivity index (χ3v) is 6.67. The fourth-order valence-corrected chi connectivity index (χ4v) is 5.00. The van der Waals surface area contributed by atoms with Crippen LogP contribution in [-0.4, -0.2) is 50.3 Å². The van der Waals surface area contributed by atoms with Crippen LogP contribution in [0.3, 0.4) is 0 Å². The maximum Gasteiger partial charge on any atom is 0.356 e. The number of thiophene rings is 1. The van der Waals surface area contributed by atoms with Crippen LogP contribution in [0.5, 0.6) is 0 Å². The number of hydrogen-bond acceptors (Lipinski definition) is 6. The Balaban J connectivity index is 1.65. The van der Waals surface area contributed by atoms with Crippen LogP contribution in [-0.2, 0) is 25.5 Å². The number of hydrogen-bond donors (Lipinski definition) is 1. The van der Waals surface area contributed by atoms with Gasteiger partial charge in [0.2, 0.25) is 9.70 Å². The molecule has 0 unspecified atom stereocenters. The summed E-state index contributed by atoms with van der Waals surface area (Å²) in [5, 5.41) is 4.31. The van der Waals surface area contributed by atoms with Crippen molar-refractivity contribution in [2.75, 3.05) is 12.4 Å². The predicted molar refractivity (Wildman–Crippen MR) is 107 cm³/mol. The minimum Gasteiger partial charge on any atom is -0.456 e. The highest BCUT2D eigenvalue weighted by Gasteiger charge is 2.54. The molecule has 2 amide bonds. The van der Waals surface area contributed by atoms with Crippen LogP contribution >= 0.6 is 69.5 Å². The Morgan fingerprint density at radius 3 is 2.74 bits per heavy atom. The van der Waals surface area contributed by atoms with Gasteiger partial charge in [0.05, 0.1) is 11.5 Å². The number of carbonyl (C=O) groups is 3. The molecule has 12 heteroatoms. The fraction of sp³-hybridized carbons (Fsp3) is 0.400. The van der Waals surface area contributed by atoms with Gasteiger partial charge < -0.3 is 10.1 Å². The second-order valence-electron chi connectivity index (χ2n) is 5.66. The number of esters is 1. The standard InChI is InChI=1S/C15H12Cl4N2O4S2/c16-8-5-27-13-10(20-9(22)4-7-2-1-3-26-7)12(23)21(13)11(8)14(24)25-6-15(17,18)19/h1-3,10,13H,4-6H2,(H,20,22)/t10-,13-/m1/s1. The summed E-state index contributed by atoms with van der Waals surface area (Å²) >= 11 is 25.6. The number of fused-ring (bicyclic) bond motifs is 1. The summed E-state index contributed by atoms with van der Waals surface area (Å²) in [4.78, 5) is 39.1. The third kappa shape index (κ3) is 4.86. The van der Waals surface area contributed by atoms with E-state index in [1.165, 1.54) is 28.0 Å². The number of nitrogens with one attached hydrogen (secondary N) is 1. The molecule has 1 saturated heterocycles. The van der Waals surface area contributed by atoms with Gasteiger partial charge >= 0.3 is 5.97 Å². The largest absolute Gasteiger partial charge is 0.456 e. The Morgan fingerprint density at radius 1 is 1.37 bits per heavy atom. The van der Waals surface area contributed by atoms with Gasteiger partial charge in [0.1, 0.15) is 23.7 Å². The van der Waals surface area contributed by atoms with Gasteiger partial charge in [-0.15, -0.1) is 23.1 Å². The second-order valence-corrected chi connectivity index (χ2v) is 10.8. The summed E-state index contributed by atoms with van der Waals surface area (Å²) in [5.41, 5.74) is -0.0802. The van der Waals surface area contributed by atoms with Crippen LogP contribution in [0.1, 0.15) is 4.88 Å². The lowest BCUT2D eigenvalue weighted by Gasteiger charge is -2.49. The van der Waals surface area contributed by atoms with Crippen molar-refractivity contribution >= 4 is 87.3 Å². The number of amides is 2. The third-order valence-electron chi connectivity index (χ3n) is 3.71. The Hall–Kier alpha value is -0.640. The maximum absolute atomic E-state index is 12.5. The van der Waals surface area contributed by atoms with E-state index in [9.17, 15) is 14.4 Å². The van der Waals surface area contributed by atoms with Gasteiger partial charge in [0.15, 0.2) is 0 Å². The number of alkyl halides is 3. The van der Waals surface area contributed by atoms with Crippen LogP contribution in [0.4, 0.5) is 0 Å². The maximum atomic E-state index is 12.5. The molecular weight excluding hydrogens is 478 g/mol. The van der Waals surface area contributed by atoms with E-state index in [1.807, 2.05) is 17.5 Å². The van der Waals surface area contributed by atoms with Crippen molar-refractivity contribution in [3.8, 4) is 0 Å². The molecule has 0 saturated carbocycles. The molecular formula is C15H12Cl4N2O4S2. The van der Waals surface area contributed by atoms with Crippen LogP contribution in [0, 0.1) is 0 Å². The number of halogens is 4. The second kappa shape index (κ2) is 8.39. The number of β-lactam (4-membered cyclic amide) rings is 1. The number of nitrogens with zero attached hydrogens (tertiary/aromatic N) is 1. The Morgan fingerprint density at radius 2 is 2.11 bits per heavy atom. The van der Waals surface area contributed by atoms with Crippen molar-refractivity contribution in [1.29, 1.82) is 0 Å². The van der Waals surface area contributed by atoms with Crippen molar-refractivity contribution < 1.29 is 19.1 Å². The van der Waals surface area contributed by atoms with E-state index < -0.39 is 33.7 Å². The summed E-state index contributed by atoms with van der Waals surface area (Å²) in [6, 6.07) is 2.96. The molecule has 1 fully saturated rings. The smallest absolute Gasteiger partial charge is 0.356 e. The molecule has 0 spiro atoms. The minimum absolute atomic E-state index is 0.0802. The topological polar surface area (TPSA) is 75.7 Å². The summed E-state index contributed by atoms with van der Waals surface area (Å²) in [6.45, 7) is -0.481. The SMILES string of the molecule is O=C(Cc1cccs1)N[C@@H]1C(=O)N2C(C(=O)OCC(Cl)(Cl)Cl)=C(Cl)CS[C@H]12. The zero-order valence-corrected chi connectivity index (χ0v) is 18.1. The van der Waals surface area contributed by atoms with Crippen molar-refractivity contribution in [2.45, 2.75) is 21.6 Å². The number of carbonyl (C=O) groups excluding carboxylic acids is 3. The lowest BCUT2D eigenvalue weighted by molar-refractivity contribution is -0.152. The van der Waals surface area contributed by atoms with Crippen LogP contribution in [0.2, 0.25) is 0 Å². The van der Waals surface area contributed by atoms with Crippen molar-refractivity contribution in [2.24, 2.45) is 0 Å².